The van der Waals surface area contributed by atoms with Crippen molar-refractivity contribution in [3.8, 4) is 0 Å². The van der Waals surface area contributed by atoms with E-state index in [0.29, 0.717) is 0 Å². The van der Waals surface area contributed by atoms with Crippen LogP contribution in [-0.2, 0) is 0 Å². The zero-order chi connectivity index (χ0) is 5.72. The number of hydrogen-bond acceptors (Lipinski definition) is 1. The molecular weight excluding hydrogens is 98.1 g/mol. The Hall–Kier alpha value is -0.0400. The number of hydrogen-bond donors (Lipinski definition) is 1. The van der Waals surface area contributed by atoms with Crippen molar-refractivity contribution in [3.05, 3.63) is 0 Å². The van der Waals surface area contributed by atoms with Crippen molar-refractivity contribution in [2.75, 3.05) is 6.54 Å². The molecular formula is C7H13N. The van der Waals surface area contributed by atoms with Gasteiger partial charge in [-0.15, -0.1) is 0 Å². The fourth-order valence-electron chi connectivity index (χ4n) is 2.37. The predicted octanol–water partition coefficient (Wildman–Crippen LogP) is 0.847. The molecule has 2 N–H and O–H groups in total. The SMILES string of the molecule is CC1CC2C(CN)C12. The Bertz CT molecular complexity index is 107. The van der Waals surface area contributed by atoms with Gasteiger partial charge in [-0.05, 0) is 36.6 Å². The van der Waals surface area contributed by atoms with E-state index in [1.165, 1.54) is 6.42 Å². The lowest BCUT2D eigenvalue weighted by Gasteiger charge is -2.18. The maximum Gasteiger partial charge on any atom is -0.00432 e. The minimum absolute atomic E-state index is 0.935. The van der Waals surface area contributed by atoms with Crippen molar-refractivity contribution < 1.29 is 0 Å². The second-order valence-electron chi connectivity index (χ2n) is 3.35. The van der Waals surface area contributed by atoms with E-state index in [1.54, 1.807) is 0 Å². The van der Waals surface area contributed by atoms with Crippen LogP contribution in [0.3, 0.4) is 0 Å². The first kappa shape index (κ1) is 4.80. The van der Waals surface area contributed by atoms with Gasteiger partial charge in [-0.25, -0.2) is 0 Å². The van der Waals surface area contributed by atoms with Crippen LogP contribution in [0.1, 0.15) is 13.3 Å². The fraction of sp³-hybridized carbons (Fsp3) is 1.00. The van der Waals surface area contributed by atoms with Crippen LogP contribution in [0.2, 0.25) is 0 Å². The first-order valence-corrected chi connectivity index (χ1v) is 3.54. The van der Waals surface area contributed by atoms with Crippen LogP contribution in [0.5, 0.6) is 0 Å². The Labute approximate surface area is 50.3 Å². The monoisotopic (exact) mass is 111 g/mol. The van der Waals surface area contributed by atoms with E-state index in [1.807, 2.05) is 0 Å². The molecule has 8 heavy (non-hydrogen) atoms. The molecule has 0 saturated heterocycles. The van der Waals surface area contributed by atoms with Gasteiger partial charge in [0, 0.05) is 0 Å². The summed E-state index contributed by atoms with van der Waals surface area (Å²) in [7, 11) is 0. The molecule has 2 aliphatic rings. The lowest BCUT2D eigenvalue weighted by Crippen LogP contribution is -2.10. The average molecular weight is 111 g/mol. The molecule has 1 nitrogen and oxygen atoms in total. The molecule has 1 heteroatoms. The molecule has 0 bridgehead atoms. The molecule has 0 aromatic rings. The molecule has 0 spiro atoms. The molecule has 0 heterocycles. The third kappa shape index (κ3) is 0.368. The summed E-state index contributed by atoms with van der Waals surface area (Å²) in [5.74, 6) is 4.06. The van der Waals surface area contributed by atoms with Gasteiger partial charge in [0.25, 0.3) is 0 Å². The van der Waals surface area contributed by atoms with Crippen molar-refractivity contribution in [2.45, 2.75) is 13.3 Å². The van der Waals surface area contributed by atoms with Crippen molar-refractivity contribution in [3.63, 3.8) is 0 Å². The van der Waals surface area contributed by atoms with Gasteiger partial charge in [0.15, 0.2) is 0 Å². The van der Waals surface area contributed by atoms with E-state index < -0.39 is 0 Å². The lowest BCUT2D eigenvalue weighted by molar-refractivity contribution is 0.317. The van der Waals surface area contributed by atoms with Crippen LogP contribution >= 0.6 is 0 Å². The van der Waals surface area contributed by atoms with Gasteiger partial charge in [-0.3, -0.25) is 0 Å². The standard InChI is InChI=1S/C7H13N/c1-4-2-5-6(3-8)7(4)5/h4-7H,2-3,8H2,1H3. The quantitative estimate of drug-likeness (QED) is 0.533. The zero-order valence-corrected chi connectivity index (χ0v) is 5.30. The summed E-state index contributed by atoms with van der Waals surface area (Å²) in [5.41, 5.74) is 5.52. The summed E-state index contributed by atoms with van der Waals surface area (Å²) in [6.07, 6.45) is 1.46. The minimum Gasteiger partial charge on any atom is -0.330 e. The molecule has 4 unspecified atom stereocenters. The number of nitrogens with two attached hydrogens (primary N) is 1. The highest BCUT2D eigenvalue weighted by molar-refractivity contribution is 5.08. The molecule has 0 aromatic heterocycles. The van der Waals surface area contributed by atoms with E-state index in [9.17, 15) is 0 Å². The molecule has 2 rings (SSSR count). The predicted molar refractivity (Wildman–Crippen MR) is 33.3 cm³/mol. The summed E-state index contributed by atoms with van der Waals surface area (Å²) >= 11 is 0. The molecule has 0 aromatic carbocycles. The Morgan fingerprint density at radius 2 is 2.38 bits per heavy atom. The summed E-state index contributed by atoms with van der Waals surface area (Å²) in [6, 6.07) is 0. The van der Waals surface area contributed by atoms with Crippen molar-refractivity contribution in [1.82, 2.24) is 0 Å². The lowest BCUT2D eigenvalue weighted by atomic mass is 9.88. The van der Waals surface area contributed by atoms with Crippen LogP contribution in [0.25, 0.3) is 0 Å². The molecule has 2 saturated carbocycles. The maximum absolute atomic E-state index is 5.52. The number of fused-ring (bicyclic) bond motifs is 1. The molecule has 0 aliphatic heterocycles. The Morgan fingerprint density at radius 1 is 1.62 bits per heavy atom. The van der Waals surface area contributed by atoms with E-state index in [0.717, 1.165) is 30.2 Å². The first-order chi connectivity index (χ1) is 3.84. The van der Waals surface area contributed by atoms with Crippen LogP contribution < -0.4 is 5.73 Å². The Kier molecular flexibility index (Phi) is 0.762. The van der Waals surface area contributed by atoms with Crippen molar-refractivity contribution in [2.24, 2.45) is 29.4 Å². The third-order valence-electron chi connectivity index (χ3n) is 2.97. The van der Waals surface area contributed by atoms with E-state index in [2.05, 4.69) is 6.92 Å². The van der Waals surface area contributed by atoms with Crippen LogP contribution in [0.15, 0.2) is 0 Å². The molecule has 2 fully saturated rings. The van der Waals surface area contributed by atoms with Gasteiger partial charge in [0.2, 0.25) is 0 Å². The smallest absolute Gasteiger partial charge is 0.00432 e. The zero-order valence-electron chi connectivity index (χ0n) is 5.30. The van der Waals surface area contributed by atoms with Crippen LogP contribution in [0, 0.1) is 23.7 Å². The first-order valence-electron chi connectivity index (χ1n) is 3.54. The maximum atomic E-state index is 5.52. The highest BCUT2D eigenvalue weighted by atomic mass is 14.7. The largest absolute Gasteiger partial charge is 0.330 e. The van der Waals surface area contributed by atoms with Gasteiger partial charge < -0.3 is 5.73 Å². The molecule has 0 radical (unpaired) electrons. The Balaban J connectivity index is 1.94. The third-order valence-corrected chi connectivity index (χ3v) is 2.97. The van der Waals surface area contributed by atoms with Crippen molar-refractivity contribution >= 4 is 0 Å². The summed E-state index contributed by atoms with van der Waals surface area (Å²) < 4.78 is 0. The van der Waals surface area contributed by atoms with Crippen molar-refractivity contribution in [1.29, 1.82) is 0 Å². The van der Waals surface area contributed by atoms with Gasteiger partial charge in [0.05, 0.1) is 0 Å². The second kappa shape index (κ2) is 1.27. The summed E-state index contributed by atoms with van der Waals surface area (Å²) in [5, 5.41) is 0. The summed E-state index contributed by atoms with van der Waals surface area (Å²) in [6.45, 7) is 3.29. The highest BCUT2D eigenvalue weighted by Gasteiger charge is 2.59. The van der Waals surface area contributed by atoms with E-state index in [-0.39, 0.29) is 0 Å². The molecule has 4 atom stereocenters. The normalized spacial score (nSPS) is 59.2. The molecule has 2 aliphatic carbocycles. The van der Waals surface area contributed by atoms with Crippen LogP contribution in [-0.4, -0.2) is 6.54 Å². The minimum atomic E-state index is 0.935. The van der Waals surface area contributed by atoms with Gasteiger partial charge in [-0.2, -0.15) is 0 Å². The fourth-order valence-corrected chi connectivity index (χ4v) is 2.37. The topological polar surface area (TPSA) is 26.0 Å². The van der Waals surface area contributed by atoms with E-state index >= 15 is 0 Å². The van der Waals surface area contributed by atoms with Gasteiger partial charge in [-0.1, -0.05) is 6.92 Å². The number of rotatable bonds is 1. The summed E-state index contributed by atoms with van der Waals surface area (Å²) in [4.78, 5) is 0. The highest BCUT2D eigenvalue weighted by Crippen LogP contribution is 2.63. The van der Waals surface area contributed by atoms with Gasteiger partial charge >= 0.3 is 0 Å². The van der Waals surface area contributed by atoms with Gasteiger partial charge in [0.1, 0.15) is 0 Å². The van der Waals surface area contributed by atoms with E-state index in [4.69, 9.17) is 5.73 Å². The Morgan fingerprint density at radius 3 is 2.50 bits per heavy atom. The average Bonchev–Trinajstić information content (AvgIpc) is 2.34. The second-order valence-corrected chi connectivity index (χ2v) is 3.35. The molecule has 0 amide bonds. The van der Waals surface area contributed by atoms with Crippen LogP contribution in [0.4, 0.5) is 0 Å². The molecule has 46 valence electrons.